The van der Waals surface area contributed by atoms with Gasteiger partial charge < -0.3 is 14.6 Å². The summed E-state index contributed by atoms with van der Waals surface area (Å²) in [6, 6.07) is 2.96. The lowest BCUT2D eigenvalue weighted by molar-refractivity contribution is -0.138. The number of rotatable bonds is 7. The van der Waals surface area contributed by atoms with Gasteiger partial charge in [0.2, 0.25) is 5.91 Å². The fourth-order valence-corrected chi connectivity index (χ4v) is 2.31. The van der Waals surface area contributed by atoms with Crippen LogP contribution in [0.3, 0.4) is 0 Å². The fraction of sp³-hybridized carbons (Fsp3) is 0.500. The van der Waals surface area contributed by atoms with Crippen molar-refractivity contribution in [2.24, 2.45) is 0 Å². The number of aromatic nitrogens is 1. The van der Waals surface area contributed by atoms with Crippen molar-refractivity contribution < 1.29 is 14.7 Å². The van der Waals surface area contributed by atoms with E-state index in [-0.39, 0.29) is 30.5 Å². The Balaban J connectivity index is 2.75. The summed E-state index contributed by atoms with van der Waals surface area (Å²) in [5.41, 5.74) is -0.249. The molecule has 0 aliphatic rings. The van der Waals surface area contributed by atoms with Gasteiger partial charge in [-0.3, -0.25) is 14.4 Å². The second-order valence-corrected chi connectivity index (χ2v) is 5.91. The van der Waals surface area contributed by atoms with Gasteiger partial charge in [0.05, 0.1) is 0 Å². The monoisotopic (exact) mass is 358 g/mol. The first-order valence-electron chi connectivity index (χ1n) is 6.68. The summed E-state index contributed by atoms with van der Waals surface area (Å²) in [5.74, 6) is -1.08. The van der Waals surface area contributed by atoms with E-state index in [4.69, 9.17) is 5.11 Å². The maximum Gasteiger partial charge on any atom is 0.303 e. The molecule has 1 aromatic heterocycles. The van der Waals surface area contributed by atoms with Crippen molar-refractivity contribution in [3.63, 3.8) is 0 Å². The molecule has 7 heteroatoms. The van der Waals surface area contributed by atoms with Gasteiger partial charge in [-0.1, -0.05) is 0 Å². The van der Waals surface area contributed by atoms with Gasteiger partial charge in [0.25, 0.3) is 5.56 Å². The van der Waals surface area contributed by atoms with Crippen molar-refractivity contribution in [2.45, 2.75) is 39.3 Å². The van der Waals surface area contributed by atoms with Gasteiger partial charge >= 0.3 is 5.97 Å². The van der Waals surface area contributed by atoms with Gasteiger partial charge in [-0.05, 0) is 42.3 Å². The maximum absolute atomic E-state index is 12.3. The van der Waals surface area contributed by atoms with Crippen LogP contribution in [0.15, 0.2) is 27.6 Å². The number of carboxylic acids is 1. The number of halogens is 1. The molecule has 0 saturated heterocycles. The summed E-state index contributed by atoms with van der Waals surface area (Å²) >= 11 is 3.26. The van der Waals surface area contributed by atoms with Crippen molar-refractivity contribution in [2.75, 3.05) is 6.54 Å². The van der Waals surface area contributed by atoms with Gasteiger partial charge in [-0.25, -0.2) is 0 Å². The van der Waals surface area contributed by atoms with E-state index in [1.54, 1.807) is 17.2 Å². The highest BCUT2D eigenvalue weighted by Crippen LogP contribution is 2.07. The molecule has 1 heterocycles. The average Bonchev–Trinajstić information content (AvgIpc) is 2.38. The van der Waals surface area contributed by atoms with E-state index in [2.05, 4.69) is 15.9 Å². The van der Waals surface area contributed by atoms with E-state index in [1.807, 2.05) is 13.8 Å². The lowest BCUT2D eigenvalue weighted by Gasteiger charge is -2.27. The Labute approximate surface area is 131 Å². The molecule has 0 aromatic carbocycles. The van der Waals surface area contributed by atoms with Crippen LogP contribution in [0, 0.1) is 0 Å². The van der Waals surface area contributed by atoms with Crippen LogP contribution in [0.4, 0.5) is 0 Å². The summed E-state index contributed by atoms with van der Waals surface area (Å²) in [6.07, 6.45) is 1.98. The first-order valence-corrected chi connectivity index (χ1v) is 7.48. The van der Waals surface area contributed by atoms with Crippen molar-refractivity contribution in [3.05, 3.63) is 33.2 Å². The second kappa shape index (κ2) is 7.97. The van der Waals surface area contributed by atoms with Crippen LogP contribution < -0.4 is 5.56 Å². The number of hydrogen-bond donors (Lipinski definition) is 1. The topological polar surface area (TPSA) is 79.6 Å². The second-order valence-electron chi connectivity index (χ2n) is 4.99. The van der Waals surface area contributed by atoms with Crippen molar-refractivity contribution in [3.8, 4) is 0 Å². The zero-order valence-electron chi connectivity index (χ0n) is 12.1. The molecular weight excluding hydrogens is 340 g/mol. The van der Waals surface area contributed by atoms with Gasteiger partial charge in [-0.15, -0.1) is 0 Å². The number of hydrogen-bond acceptors (Lipinski definition) is 3. The van der Waals surface area contributed by atoms with Crippen LogP contribution in [0.5, 0.6) is 0 Å². The fourth-order valence-electron chi connectivity index (χ4n) is 1.93. The largest absolute Gasteiger partial charge is 0.481 e. The smallest absolute Gasteiger partial charge is 0.303 e. The zero-order chi connectivity index (χ0) is 16.0. The molecule has 0 aliphatic heterocycles. The Morgan fingerprint density at radius 1 is 1.38 bits per heavy atom. The molecule has 0 aliphatic carbocycles. The molecule has 0 unspecified atom stereocenters. The molecule has 1 rings (SSSR count). The predicted molar refractivity (Wildman–Crippen MR) is 82.1 cm³/mol. The van der Waals surface area contributed by atoms with Gasteiger partial charge in [0, 0.05) is 35.7 Å². The predicted octanol–water partition coefficient (Wildman–Crippen LogP) is 1.71. The minimum Gasteiger partial charge on any atom is -0.481 e. The van der Waals surface area contributed by atoms with Crippen LogP contribution in [-0.4, -0.2) is 39.0 Å². The Morgan fingerprint density at radius 3 is 2.62 bits per heavy atom. The molecule has 1 amide bonds. The molecule has 1 aromatic rings. The SMILES string of the molecule is CC(C)N(CCCC(=O)O)C(=O)Cn1cc(Br)ccc1=O. The first-order chi connectivity index (χ1) is 9.81. The minimum atomic E-state index is -0.880. The number of pyridine rings is 1. The summed E-state index contributed by atoms with van der Waals surface area (Å²) < 4.78 is 2.05. The average molecular weight is 359 g/mol. The number of amides is 1. The Morgan fingerprint density at radius 2 is 2.05 bits per heavy atom. The highest BCUT2D eigenvalue weighted by molar-refractivity contribution is 9.10. The highest BCUT2D eigenvalue weighted by atomic mass is 79.9. The van der Waals surface area contributed by atoms with E-state index in [0.717, 1.165) is 4.47 Å². The highest BCUT2D eigenvalue weighted by Gasteiger charge is 2.17. The third-order valence-electron chi connectivity index (χ3n) is 2.99. The van der Waals surface area contributed by atoms with E-state index in [1.165, 1.54) is 10.6 Å². The van der Waals surface area contributed by atoms with Gasteiger partial charge in [-0.2, -0.15) is 0 Å². The summed E-state index contributed by atoms with van der Waals surface area (Å²) in [7, 11) is 0. The zero-order valence-corrected chi connectivity index (χ0v) is 13.7. The molecule has 0 bridgehead atoms. The first kappa shape index (κ1) is 17.4. The summed E-state index contributed by atoms with van der Waals surface area (Å²) in [4.78, 5) is 36.1. The van der Waals surface area contributed by atoms with Crippen LogP contribution in [-0.2, 0) is 16.1 Å². The summed E-state index contributed by atoms with van der Waals surface area (Å²) in [6.45, 7) is 4.04. The van der Waals surface area contributed by atoms with E-state index in [0.29, 0.717) is 13.0 Å². The van der Waals surface area contributed by atoms with Crippen molar-refractivity contribution in [1.82, 2.24) is 9.47 Å². The van der Waals surface area contributed by atoms with E-state index < -0.39 is 5.97 Å². The molecule has 0 atom stereocenters. The van der Waals surface area contributed by atoms with E-state index in [9.17, 15) is 14.4 Å². The molecule has 0 fully saturated rings. The van der Waals surface area contributed by atoms with E-state index >= 15 is 0 Å². The normalized spacial score (nSPS) is 10.7. The van der Waals surface area contributed by atoms with Crippen LogP contribution >= 0.6 is 15.9 Å². The molecule has 1 N–H and O–H groups in total. The molecule has 116 valence electrons. The van der Waals surface area contributed by atoms with Crippen molar-refractivity contribution in [1.29, 1.82) is 0 Å². The molecular formula is C14H19BrN2O4. The van der Waals surface area contributed by atoms with Crippen LogP contribution in [0.1, 0.15) is 26.7 Å². The quantitative estimate of drug-likeness (QED) is 0.804. The number of carbonyl (C=O) groups is 2. The number of aliphatic carboxylic acids is 1. The third kappa shape index (κ3) is 5.71. The number of carbonyl (C=O) groups excluding carboxylic acids is 1. The minimum absolute atomic E-state index is 0.0212. The molecule has 6 nitrogen and oxygen atoms in total. The Bertz CT molecular complexity index is 568. The molecule has 0 saturated carbocycles. The number of carboxylic acid groups (broad SMARTS) is 1. The summed E-state index contributed by atoms with van der Waals surface area (Å²) in [5, 5.41) is 8.65. The lowest BCUT2D eigenvalue weighted by atomic mass is 10.2. The maximum atomic E-state index is 12.3. The van der Waals surface area contributed by atoms with Gasteiger partial charge in [0.15, 0.2) is 0 Å². The number of nitrogens with zero attached hydrogens (tertiary/aromatic N) is 2. The van der Waals surface area contributed by atoms with Crippen LogP contribution in [0.2, 0.25) is 0 Å². The van der Waals surface area contributed by atoms with Crippen LogP contribution in [0.25, 0.3) is 0 Å². The Hall–Kier alpha value is -1.63. The standard InChI is InChI=1S/C14H19BrN2O4/c1-10(2)17(7-3-4-14(20)21)13(19)9-16-8-11(15)5-6-12(16)18/h5-6,8,10H,3-4,7,9H2,1-2H3,(H,20,21). The molecule has 0 radical (unpaired) electrons. The third-order valence-corrected chi connectivity index (χ3v) is 3.46. The van der Waals surface area contributed by atoms with Gasteiger partial charge in [0.1, 0.15) is 6.54 Å². The lowest BCUT2D eigenvalue weighted by Crippen LogP contribution is -2.41. The Kier molecular flexibility index (Phi) is 6.61. The molecule has 0 spiro atoms. The van der Waals surface area contributed by atoms with Crippen molar-refractivity contribution >= 4 is 27.8 Å². The molecule has 21 heavy (non-hydrogen) atoms.